The van der Waals surface area contributed by atoms with Crippen LogP contribution in [0, 0.1) is 0 Å². The standard InChI is InChI=1S/C10H23N5/c1-4-12-10(13-11)15(3)9-6-5-7-14(2)8-9/h9H,4-8,11H2,1-3H3,(H,12,13). The highest BCUT2D eigenvalue weighted by molar-refractivity contribution is 5.79. The number of likely N-dealkylation sites (tertiary alicyclic amines) is 1. The Morgan fingerprint density at radius 1 is 1.67 bits per heavy atom. The summed E-state index contributed by atoms with van der Waals surface area (Å²) in [7, 11) is 4.21. The molecule has 0 bridgehead atoms. The van der Waals surface area contributed by atoms with Gasteiger partial charge in [-0.15, -0.1) is 0 Å². The fourth-order valence-corrected chi connectivity index (χ4v) is 2.04. The average molecular weight is 213 g/mol. The SMILES string of the molecule is CCN=C(NN)N(C)C1CCCN(C)C1. The summed E-state index contributed by atoms with van der Waals surface area (Å²) in [6.45, 7) is 5.05. The zero-order valence-electron chi connectivity index (χ0n) is 10.0. The normalized spacial score (nSPS) is 24.0. The first-order valence-electron chi connectivity index (χ1n) is 5.61. The molecule has 0 amide bonds. The van der Waals surface area contributed by atoms with E-state index in [0.29, 0.717) is 6.04 Å². The largest absolute Gasteiger partial charge is 0.341 e. The van der Waals surface area contributed by atoms with Gasteiger partial charge in [-0.25, -0.2) is 5.84 Å². The minimum Gasteiger partial charge on any atom is -0.341 e. The predicted octanol–water partition coefficient (Wildman–Crippen LogP) is -0.148. The maximum Gasteiger partial charge on any atom is 0.208 e. The van der Waals surface area contributed by atoms with Crippen LogP contribution in [0.15, 0.2) is 4.99 Å². The van der Waals surface area contributed by atoms with Gasteiger partial charge < -0.3 is 9.80 Å². The Labute approximate surface area is 92.3 Å². The van der Waals surface area contributed by atoms with Gasteiger partial charge in [-0.3, -0.25) is 10.4 Å². The molecular weight excluding hydrogens is 190 g/mol. The fraction of sp³-hybridized carbons (Fsp3) is 0.900. The van der Waals surface area contributed by atoms with Crippen LogP contribution in [-0.2, 0) is 0 Å². The molecule has 1 atom stereocenters. The smallest absolute Gasteiger partial charge is 0.208 e. The van der Waals surface area contributed by atoms with Crippen LogP contribution in [0.5, 0.6) is 0 Å². The molecule has 0 spiro atoms. The summed E-state index contributed by atoms with van der Waals surface area (Å²) in [6, 6.07) is 0.519. The van der Waals surface area contributed by atoms with E-state index < -0.39 is 0 Å². The molecule has 1 saturated heterocycles. The van der Waals surface area contributed by atoms with Gasteiger partial charge in [-0.1, -0.05) is 0 Å². The van der Waals surface area contributed by atoms with Crippen molar-refractivity contribution in [2.75, 3.05) is 33.7 Å². The van der Waals surface area contributed by atoms with Crippen LogP contribution < -0.4 is 11.3 Å². The van der Waals surface area contributed by atoms with Crippen molar-refractivity contribution in [3.63, 3.8) is 0 Å². The summed E-state index contributed by atoms with van der Waals surface area (Å²) in [5.41, 5.74) is 2.67. The molecule has 1 heterocycles. The first-order chi connectivity index (χ1) is 7.19. The highest BCUT2D eigenvalue weighted by atomic mass is 15.4. The van der Waals surface area contributed by atoms with Gasteiger partial charge in [0.15, 0.2) is 0 Å². The molecule has 15 heavy (non-hydrogen) atoms. The van der Waals surface area contributed by atoms with Gasteiger partial charge in [0.05, 0.1) is 0 Å². The Balaban J connectivity index is 2.57. The molecule has 1 rings (SSSR count). The average Bonchev–Trinajstić information content (AvgIpc) is 2.25. The number of rotatable bonds is 2. The number of piperidine rings is 1. The minimum absolute atomic E-state index is 0.519. The lowest BCUT2D eigenvalue weighted by molar-refractivity contribution is 0.179. The Kier molecular flexibility index (Phi) is 4.84. The summed E-state index contributed by atoms with van der Waals surface area (Å²) in [5.74, 6) is 6.25. The third-order valence-electron chi connectivity index (χ3n) is 2.92. The van der Waals surface area contributed by atoms with Gasteiger partial charge in [0.1, 0.15) is 0 Å². The summed E-state index contributed by atoms with van der Waals surface area (Å²) in [4.78, 5) is 8.83. The number of nitrogens with zero attached hydrogens (tertiary/aromatic N) is 3. The van der Waals surface area contributed by atoms with E-state index in [1.807, 2.05) is 6.92 Å². The van der Waals surface area contributed by atoms with Gasteiger partial charge >= 0.3 is 0 Å². The van der Waals surface area contributed by atoms with E-state index in [-0.39, 0.29) is 0 Å². The van der Waals surface area contributed by atoms with Crippen LogP contribution in [0.4, 0.5) is 0 Å². The van der Waals surface area contributed by atoms with Gasteiger partial charge in [0.2, 0.25) is 5.96 Å². The zero-order valence-corrected chi connectivity index (χ0v) is 10.0. The highest BCUT2D eigenvalue weighted by Crippen LogP contribution is 2.13. The summed E-state index contributed by atoms with van der Waals surface area (Å²) in [5, 5.41) is 0. The van der Waals surface area contributed by atoms with E-state index in [0.717, 1.165) is 19.0 Å². The quantitative estimate of drug-likeness (QED) is 0.290. The van der Waals surface area contributed by atoms with Crippen LogP contribution >= 0.6 is 0 Å². The van der Waals surface area contributed by atoms with Crippen molar-refractivity contribution in [2.45, 2.75) is 25.8 Å². The second-order valence-corrected chi connectivity index (χ2v) is 4.11. The van der Waals surface area contributed by atoms with Crippen LogP contribution in [0.1, 0.15) is 19.8 Å². The molecule has 3 N–H and O–H groups in total. The summed E-state index contributed by atoms with van der Waals surface area (Å²) < 4.78 is 0. The van der Waals surface area contributed by atoms with Gasteiger partial charge in [-0.2, -0.15) is 0 Å². The Hall–Kier alpha value is -0.810. The molecule has 0 aromatic heterocycles. The number of hydrogen-bond acceptors (Lipinski definition) is 3. The second kappa shape index (κ2) is 5.92. The number of nitrogens with two attached hydrogens (primary N) is 1. The molecule has 5 heteroatoms. The van der Waals surface area contributed by atoms with Crippen molar-refractivity contribution in [2.24, 2.45) is 10.8 Å². The lowest BCUT2D eigenvalue weighted by Gasteiger charge is -2.37. The van der Waals surface area contributed by atoms with Gasteiger partial charge in [0, 0.05) is 26.2 Å². The van der Waals surface area contributed by atoms with Crippen molar-refractivity contribution in [3.05, 3.63) is 0 Å². The van der Waals surface area contributed by atoms with E-state index in [1.165, 1.54) is 19.4 Å². The molecule has 1 aliphatic heterocycles. The molecule has 0 radical (unpaired) electrons. The molecule has 88 valence electrons. The van der Waals surface area contributed by atoms with Crippen molar-refractivity contribution in [1.29, 1.82) is 0 Å². The molecule has 0 aromatic rings. The van der Waals surface area contributed by atoms with Crippen LogP contribution in [0.3, 0.4) is 0 Å². The second-order valence-electron chi connectivity index (χ2n) is 4.11. The lowest BCUT2D eigenvalue weighted by Crippen LogP contribution is -2.52. The van der Waals surface area contributed by atoms with Crippen molar-refractivity contribution in [1.82, 2.24) is 15.2 Å². The number of guanidine groups is 1. The van der Waals surface area contributed by atoms with E-state index in [9.17, 15) is 0 Å². The summed E-state index contributed by atoms with van der Waals surface area (Å²) >= 11 is 0. The number of hydrogen-bond donors (Lipinski definition) is 2. The molecular formula is C10H23N5. The Morgan fingerprint density at radius 2 is 2.40 bits per heavy atom. The Morgan fingerprint density at radius 3 is 2.93 bits per heavy atom. The lowest BCUT2D eigenvalue weighted by atomic mass is 10.1. The van der Waals surface area contributed by atoms with E-state index >= 15 is 0 Å². The first-order valence-corrected chi connectivity index (χ1v) is 5.61. The van der Waals surface area contributed by atoms with Crippen LogP contribution in [0.25, 0.3) is 0 Å². The molecule has 0 aliphatic carbocycles. The number of likely N-dealkylation sites (N-methyl/N-ethyl adjacent to an activating group) is 2. The van der Waals surface area contributed by atoms with E-state index in [2.05, 4.69) is 34.3 Å². The number of nitrogens with one attached hydrogen (secondary N) is 1. The molecule has 0 aromatic carbocycles. The van der Waals surface area contributed by atoms with E-state index in [1.54, 1.807) is 0 Å². The zero-order chi connectivity index (χ0) is 11.3. The highest BCUT2D eigenvalue weighted by Gasteiger charge is 2.22. The van der Waals surface area contributed by atoms with Crippen LogP contribution in [0.2, 0.25) is 0 Å². The van der Waals surface area contributed by atoms with Crippen LogP contribution in [-0.4, -0.2) is 55.5 Å². The minimum atomic E-state index is 0.519. The fourth-order valence-electron chi connectivity index (χ4n) is 2.04. The first kappa shape index (κ1) is 12.3. The number of aliphatic imine (C=N–C) groups is 1. The van der Waals surface area contributed by atoms with Crippen molar-refractivity contribution >= 4 is 5.96 Å². The maximum atomic E-state index is 5.47. The third-order valence-corrected chi connectivity index (χ3v) is 2.92. The molecule has 1 fully saturated rings. The molecule has 5 nitrogen and oxygen atoms in total. The topological polar surface area (TPSA) is 56.9 Å². The van der Waals surface area contributed by atoms with Gasteiger partial charge in [0.25, 0.3) is 0 Å². The maximum absolute atomic E-state index is 5.47. The summed E-state index contributed by atoms with van der Waals surface area (Å²) in [6.07, 6.45) is 2.46. The Bertz CT molecular complexity index is 216. The molecule has 1 aliphatic rings. The van der Waals surface area contributed by atoms with E-state index in [4.69, 9.17) is 5.84 Å². The number of hydrazine groups is 1. The predicted molar refractivity (Wildman–Crippen MR) is 63.6 cm³/mol. The van der Waals surface area contributed by atoms with Crippen molar-refractivity contribution in [3.8, 4) is 0 Å². The van der Waals surface area contributed by atoms with Gasteiger partial charge in [-0.05, 0) is 33.4 Å². The monoisotopic (exact) mass is 213 g/mol. The van der Waals surface area contributed by atoms with Crippen molar-refractivity contribution < 1.29 is 0 Å². The third kappa shape index (κ3) is 3.35. The molecule has 0 saturated carbocycles. The molecule has 1 unspecified atom stereocenters.